The molecule has 0 saturated carbocycles. The second-order valence-corrected chi connectivity index (χ2v) is 12.6. The van der Waals surface area contributed by atoms with Crippen LogP contribution in [0.3, 0.4) is 0 Å². The van der Waals surface area contributed by atoms with Gasteiger partial charge in [-0.3, -0.25) is 4.79 Å². The van der Waals surface area contributed by atoms with E-state index in [1.54, 1.807) is 6.07 Å². The van der Waals surface area contributed by atoms with Crippen LogP contribution in [-0.2, 0) is 21.4 Å². The maximum Gasteiger partial charge on any atom is 0.252 e. The van der Waals surface area contributed by atoms with Gasteiger partial charge in [-0.25, -0.2) is 8.42 Å². The van der Waals surface area contributed by atoms with Gasteiger partial charge in [0.2, 0.25) is 0 Å². The van der Waals surface area contributed by atoms with Gasteiger partial charge in [0.1, 0.15) is 4.21 Å². The summed E-state index contributed by atoms with van der Waals surface area (Å²) in [5.74, 6) is -0.704. The van der Waals surface area contributed by atoms with Gasteiger partial charge in [0.15, 0.2) is 4.80 Å². The topological polar surface area (TPSA) is 71.7 Å². The van der Waals surface area contributed by atoms with Crippen LogP contribution >= 0.6 is 34.3 Å². The van der Waals surface area contributed by atoms with E-state index in [-0.39, 0.29) is 16.7 Å². The third-order valence-electron chi connectivity index (χ3n) is 5.51. The number of thiophene rings is 1. The van der Waals surface area contributed by atoms with Gasteiger partial charge < -0.3 is 4.57 Å². The minimum Gasteiger partial charge on any atom is -0.317 e. The fraction of sp³-hybridized carbons (Fsp3) is 0.429. The Balaban J connectivity index is 1.64. The molecule has 1 amide bonds. The summed E-state index contributed by atoms with van der Waals surface area (Å²) in [4.78, 5) is 18.2. The van der Waals surface area contributed by atoms with E-state index in [2.05, 4.69) is 35.5 Å². The summed E-state index contributed by atoms with van der Waals surface area (Å²) in [6, 6.07) is 7.34. The molecule has 166 valence electrons. The number of aromatic nitrogens is 1. The quantitative estimate of drug-likeness (QED) is 0.529. The average Bonchev–Trinajstić information content (AvgIpc) is 3.32. The van der Waals surface area contributed by atoms with Crippen LogP contribution in [-0.4, -0.2) is 36.3 Å². The summed E-state index contributed by atoms with van der Waals surface area (Å²) in [6.45, 7) is 7.42. The van der Waals surface area contributed by atoms with Gasteiger partial charge in [-0.2, -0.15) is 9.30 Å². The number of rotatable bonds is 4. The van der Waals surface area contributed by atoms with Crippen LogP contribution in [0, 0.1) is 19.8 Å². The van der Waals surface area contributed by atoms with Crippen LogP contribution in [0.25, 0.3) is 10.2 Å². The zero-order chi connectivity index (χ0) is 22.3. The number of benzene rings is 1. The van der Waals surface area contributed by atoms with Gasteiger partial charge in [0.25, 0.3) is 15.9 Å². The molecule has 0 spiro atoms. The molecule has 31 heavy (non-hydrogen) atoms. The molecule has 1 saturated heterocycles. The molecule has 1 aliphatic rings. The number of sulfonamides is 1. The molecule has 3 heterocycles. The van der Waals surface area contributed by atoms with E-state index in [4.69, 9.17) is 11.6 Å². The fourth-order valence-electron chi connectivity index (χ4n) is 4.01. The molecule has 10 heteroatoms. The normalized spacial score (nSPS) is 18.7. The van der Waals surface area contributed by atoms with Gasteiger partial charge >= 0.3 is 0 Å². The van der Waals surface area contributed by atoms with Gasteiger partial charge in [-0.05, 0) is 62.9 Å². The highest BCUT2D eigenvalue weighted by Crippen LogP contribution is 2.31. The summed E-state index contributed by atoms with van der Waals surface area (Å²) >= 11 is 8.47. The van der Waals surface area contributed by atoms with Crippen LogP contribution in [0.5, 0.6) is 0 Å². The first-order valence-corrected chi connectivity index (χ1v) is 13.6. The molecular weight excluding hydrogens is 474 g/mol. The standard InChI is InChI=1S/C21H24ClN3O3S3/c1-4-25-16-11-13(2)10-14(3)19(16)30-21(25)23-20(26)15-6-5-9-24(12-15)31(27,28)18-8-7-17(22)29-18/h7-8,10-11,15H,4-6,9,12H2,1-3H3. The van der Waals surface area contributed by atoms with Crippen molar-refractivity contribution in [3.05, 3.63) is 44.5 Å². The number of piperidine rings is 1. The average molecular weight is 498 g/mol. The Hall–Kier alpha value is -1.52. The molecule has 2 aromatic heterocycles. The van der Waals surface area contributed by atoms with E-state index < -0.39 is 15.9 Å². The second-order valence-electron chi connectivity index (χ2n) is 7.77. The number of halogens is 1. The number of aryl methyl sites for hydroxylation is 3. The summed E-state index contributed by atoms with van der Waals surface area (Å²) in [5, 5.41) is 0. The van der Waals surface area contributed by atoms with Crippen molar-refractivity contribution in [2.45, 2.75) is 44.4 Å². The Kier molecular flexibility index (Phi) is 6.42. The Bertz CT molecular complexity index is 1320. The largest absolute Gasteiger partial charge is 0.317 e. The van der Waals surface area contributed by atoms with Crippen LogP contribution in [0.4, 0.5) is 0 Å². The summed E-state index contributed by atoms with van der Waals surface area (Å²) in [6.07, 6.45) is 1.26. The Morgan fingerprint density at radius 1 is 1.26 bits per heavy atom. The number of carbonyl (C=O) groups is 1. The molecule has 0 N–H and O–H groups in total. The zero-order valence-corrected chi connectivity index (χ0v) is 20.8. The molecule has 0 bridgehead atoms. The number of fused-ring (bicyclic) bond motifs is 1. The van der Waals surface area contributed by atoms with Gasteiger partial charge in [-0.15, -0.1) is 11.3 Å². The third-order valence-corrected chi connectivity index (χ3v) is 10.3. The van der Waals surface area contributed by atoms with E-state index in [0.29, 0.717) is 35.1 Å². The predicted molar refractivity (Wildman–Crippen MR) is 126 cm³/mol. The maximum absolute atomic E-state index is 13.1. The molecule has 3 aromatic rings. The number of carbonyl (C=O) groups excluding carboxylic acids is 1. The smallest absolute Gasteiger partial charge is 0.252 e. The summed E-state index contributed by atoms with van der Waals surface area (Å²) in [5.41, 5.74) is 3.42. The molecule has 0 aliphatic carbocycles. The lowest BCUT2D eigenvalue weighted by Gasteiger charge is -2.29. The number of nitrogens with zero attached hydrogens (tertiary/aromatic N) is 3. The second kappa shape index (κ2) is 8.78. The van der Waals surface area contributed by atoms with E-state index >= 15 is 0 Å². The number of hydrogen-bond donors (Lipinski definition) is 0. The van der Waals surface area contributed by atoms with Gasteiger partial charge in [-0.1, -0.05) is 29.0 Å². The Morgan fingerprint density at radius 3 is 2.71 bits per heavy atom. The monoisotopic (exact) mass is 497 g/mol. The Labute approximate surface area is 194 Å². The third kappa shape index (κ3) is 4.39. The van der Waals surface area contributed by atoms with Crippen molar-refractivity contribution in [3.8, 4) is 0 Å². The van der Waals surface area contributed by atoms with Crippen molar-refractivity contribution in [2.75, 3.05) is 13.1 Å². The van der Waals surface area contributed by atoms with Crippen LogP contribution in [0.2, 0.25) is 4.34 Å². The zero-order valence-electron chi connectivity index (χ0n) is 17.6. The molecule has 1 unspecified atom stereocenters. The van der Waals surface area contributed by atoms with Crippen molar-refractivity contribution in [2.24, 2.45) is 10.9 Å². The highest BCUT2D eigenvalue weighted by atomic mass is 35.5. The predicted octanol–water partition coefficient (Wildman–Crippen LogP) is 4.58. The highest BCUT2D eigenvalue weighted by molar-refractivity contribution is 7.91. The molecule has 1 aromatic carbocycles. The lowest BCUT2D eigenvalue weighted by molar-refractivity contribution is -0.122. The van der Waals surface area contributed by atoms with E-state index in [9.17, 15) is 13.2 Å². The molecule has 1 aliphatic heterocycles. The number of amides is 1. The molecule has 4 rings (SSSR count). The van der Waals surface area contributed by atoms with Crippen molar-refractivity contribution in [1.82, 2.24) is 8.87 Å². The van der Waals surface area contributed by atoms with Crippen molar-refractivity contribution in [1.29, 1.82) is 0 Å². The molecular formula is C21H24ClN3O3S3. The number of hydrogen-bond acceptors (Lipinski definition) is 5. The van der Waals surface area contributed by atoms with Crippen molar-refractivity contribution >= 4 is 60.4 Å². The fourth-order valence-corrected chi connectivity index (χ4v) is 8.33. The summed E-state index contributed by atoms with van der Waals surface area (Å²) < 4.78 is 31.1. The van der Waals surface area contributed by atoms with Crippen LogP contribution in [0.1, 0.15) is 30.9 Å². The first kappa shape index (κ1) is 22.7. The Morgan fingerprint density at radius 2 is 2.03 bits per heavy atom. The first-order chi connectivity index (χ1) is 14.7. The van der Waals surface area contributed by atoms with E-state index in [1.807, 2.05) is 6.92 Å². The molecule has 1 atom stereocenters. The van der Waals surface area contributed by atoms with Crippen molar-refractivity contribution < 1.29 is 13.2 Å². The maximum atomic E-state index is 13.1. The number of thiazole rings is 1. The van der Waals surface area contributed by atoms with E-state index in [1.165, 1.54) is 32.8 Å². The van der Waals surface area contributed by atoms with Gasteiger partial charge in [0, 0.05) is 19.6 Å². The lowest BCUT2D eigenvalue weighted by Crippen LogP contribution is -2.42. The minimum atomic E-state index is -3.65. The summed E-state index contributed by atoms with van der Waals surface area (Å²) in [7, 11) is -3.65. The van der Waals surface area contributed by atoms with Gasteiger partial charge in [0.05, 0.1) is 20.5 Å². The van der Waals surface area contributed by atoms with Crippen LogP contribution < -0.4 is 4.80 Å². The first-order valence-electron chi connectivity index (χ1n) is 10.2. The SMILES string of the molecule is CCn1c(=NC(=O)C2CCCN(S(=O)(=O)c3ccc(Cl)s3)C2)sc2c(C)cc(C)cc21. The minimum absolute atomic E-state index is 0.148. The lowest BCUT2D eigenvalue weighted by atomic mass is 9.99. The molecule has 1 fully saturated rings. The highest BCUT2D eigenvalue weighted by Gasteiger charge is 2.34. The molecule has 6 nitrogen and oxygen atoms in total. The van der Waals surface area contributed by atoms with Crippen LogP contribution in [0.15, 0.2) is 33.5 Å². The van der Waals surface area contributed by atoms with Crippen molar-refractivity contribution in [3.63, 3.8) is 0 Å². The molecule has 0 radical (unpaired) electrons. The van der Waals surface area contributed by atoms with E-state index in [0.717, 1.165) is 21.6 Å².